The Bertz CT molecular complexity index is 1100. The van der Waals surface area contributed by atoms with Gasteiger partial charge < -0.3 is 14.8 Å². The first-order chi connectivity index (χ1) is 14.9. The molecule has 2 aromatic carbocycles. The van der Waals surface area contributed by atoms with Crippen molar-refractivity contribution in [3.05, 3.63) is 76.7 Å². The number of hydrogen-bond donors (Lipinski definition) is 1. The van der Waals surface area contributed by atoms with Gasteiger partial charge >= 0.3 is 5.97 Å². The number of aromatic nitrogens is 2. The molecule has 0 aliphatic heterocycles. The van der Waals surface area contributed by atoms with Crippen LogP contribution in [0, 0.1) is 6.92 Å². The fraction of sp³-hybridized carbons (Fsp3) is 0.261. The van der Waals surface area contributed by atoms with E-state index in [1.165, 1.54) is 11.6 Å². The Kier molecular flexibility index (Phi) is 6.92. The largest absolute Gasteiger partial charge is 0.493 e. The SMILES string of the molecule is Cc1c(NC(=O)[C@@H](C)OC(=O)CCOc2ccccc2)c(=O)n(-c2ccccc2)n1C. The zero-order chi connectivity index (χ0) is 22.4. The molecule has 8 nitrogen and oxygen atoms in total. The topological polar surface area (TPSA) is 91.6 Å². The van der Waals surface area contributed by atoms with Crippen molar-refractivity contribution in [1.29, 1.82) is 0 Å². The monoisotopic (exact) mass is 423 g/mol. The fourth-order valence-electron chi connectivity index (χ4n) is 3.02. The van der Waals surface area contributed by atoms with Crippen molar-refractivity contribution in [2.45, 2.75) is 26.4 Å². The van der Waals surface area contributed by atoms with Gasteiger partial charge in [-0.1, -0.05) is 36.4 Å². The van der Waals surface area contributed by atoms with E-state index in [1.807, 2.05) is 36.4 Å². The van der Waals surface area contributed by atoms with E-state index in [0.717, 1.165) is 0 Å². The lowest BCUT2D eigenvalue weighted by atomic mass is 10.3. The van der Waals surface area contributed by atoms with Crippen molar-refractivity contribution < 1.29 is 19.1 Å². The second-order valence-electron chi connectivity index (χ2n) is 6.97. The number of ether oxygens (including phenoxy) is 2. The quantitative estimate of drug-likeness (QED) is 0.563. The van der Waals surface area contributed by atoms with Gasteiger partial charge in [-0.15, -0.1) is 0 Å². The highest BCUT2D eigenvalue weighted by Gasteiger charge is 2.23. The minimum atomic E-state index is -1.06. The van der Waals surface area contributed by atoms with E-state index >= 15 is 0 Å². The van der Waals surface area contributed by atoms with Crippen LogP contribution in [0.5, 0.6) is 5.75 Å². The number of carbonyl (C=O) groups is 2. The number of nitrogens with zero attached hydrogens (tertiary/aromatic N) is 2. The number of para-hydroxylation sites is 2. The third-order valence-electron chi connectivity index (χ3n) is 4.80. The minimum absolute atomic E-state index is 0.00229. The van der Waals surface area contributed by atoms with Gasteiger partial charge in [0.15, 0.2) is 6.10 Å². The third-order valence-corrected chi connectivity index (χ3v) is 4.80. The molecule has 0 bridgehead atoms. The maximum absolute atomic E-state index is 12.9. The first-order valence-corrected chi connectivity index (χ1v) is 9.90. The molecular formula is C23H25N3O5. The van der Waals surface area contributed by atoms with Crippen molar-refractivity contribution in [3.63, 3.8) is 0 Å². The number of carbonyl (C=O) groups excluding carboxylic acids is 2. The van der Waals surface area contributed by atoms with Crippen molar-refractivity contribution in [2.75, 3.05) is 11.9 Å². The Morgan fingerprint density at radius 1 is 1.03 bits per heavy atom. The molecule has 0 spiro atoms. The van der Waals surface area contributed by atoms with Gasteiger partial charge in [0.05, 0.1) is 24.4 Å². The first-order valence-electron chi connectivity index (χ1n) is 9.90. The molecule has 0 radical (unpaired) electrons. The van der Waals surface area contributed by atoms with Crippen LogP contribution >= 0.6 is 0 Å². The second-order valence-corrected chi connectivity index (χ2v) is 6.97. The van der Waals surface area contributed by atoms with Crippen LogP contribution in [-0.2, 0) is 21.4 Å². The Balaban J connectivity index is 1.59. The smallest absolute Gasteiger partial charge is 0.310 e. The summed E-state index contributed by atoms with van der Waals surface area (Å²) in [5.41, 5.74) is 1.04. The Morgan fingerprint density at radius 2 is 1.65 bits per heavy atom. The summed E-state index contributed by atoms with van der Waals surface area (Å²) in [4.78, 5) is 37.4. The zero-order valence-electron chi connectivity index (χ0n) is 17.7. The number of anilines is 1. The van der Waals surface area contributed by atoms with Gasteiger partial charge in [0, 0.05) is 7.05 Å². The van der Waals surface area contributed by atoms with Crippen LogP contribution in [0.15, 0.2) is 65.5 Å². The van der Waals surface area contributed by atoms with Gasteiger partial charge in [-0.3, -0.25) is 19.1 Å². The van der Waals surface area contributed by atoms with Crippen LogP contribution < -0.4 is 15.6 Å². The van der Waals surface area contributed by atoms with E-state index in [1.54, 1.807) is 42.9 Å². The number of amides is 1. The summed E-state index contributed by atoms with van der Waals surface area (Å²) in [7, 11) is 1.73. The molecule has 31 heavy (non-hydrogen) atoms. The highest BCUT2D eigenvalue weighted by atomic mass is 16.5. The van der Waals surface area contributed by atoms with Crippen LogP contribution in [0.3, 0.4) is 0 Å². The number of benzene rings is 2. The van der Waals surface area contributed by atoms with Crippen LogP contribution in [-0.4, -0.2) is 34.0 Å². The molecule has 3 aromatic rings. The number of nitrogens with one attached hydrogen (secondary N) is 1. The maximum Gasteiger partial charge on any atom is 0.310 e. The molecule has 162 valence electrons. The molecular weight excluding hydrogens is 398 g/mol. The van der Waals surface area contributed by atoms with Crippen LogP contribution in [0.4, 0.5) is 5.69 Å². The summed E-state index contributed by atoms with van der Waals surface area (Å²) in [5.74, 6) is -0.497. The van der Waals surface area contributed by atoms with E-state index in [0.29, 0.717) is 17.1 Å². The lowest BCUT2D eigenvalue weighted by Gasteiger charge is -2.13. The number of esters is 1. The van der Waals surface area contributed by atoms with Crippen LogP contribution in [0.25, 0.3) is 5.69 Å². The van der Waals surface area contributed by atoms with Crippen molar-refractivity contribution in [2.24, 2.45) is 7.05 Å². The average molecular weight is 423 g/mol. The lowest BCUT2D eigenvalue weighted by Crippen LogP contribution is -2.32. The van der Waals surface area contributed by atoms with Gasteiger partial charge in [-0.25, -0.2) is 4.68 Å². The van der Waals surface area contributed by atoms with E-state index in [2.05, 4.69) is 5.32 Å². The highest BCUT2D eigenvalue weighted by Crippen LogP contribution is 2.15. The van der Waals surface area contributed by atoms with Gasteiger partial charge in [0.25, 0.3) is 11.5 Å². The fourth-order valence-corrected chi connectivity index (χ4v) is 3.02. The Hall–Kier alpha value is -3.81. The summed E-state index contributed by atoms with van der Waals surface area (Å²) in [6, 6.07) is 18.2. The van der Waals surface area contributed by atoms with Gasteiger partial charge in [0.1, 0.15) is 11.4 Å². The summed E-state index contributed by atoms with van der Waals surface area (Å²) >= 11 is 0. The lowest BCUT2D eigenvalue weighted by molar-refractivity contribution is -0.153. The van der Waals surface area contributed by atoms with Gasteiger partial charge in [-0.05, 0) is 38.1 Å². The van der Waals surface area contributed by atoms with E-state index < -0.39 is 18.0 Å². The summed E-state index contributed by atoms with van der Waals surface area (Å²) in [6.45, 7) is 3.32. The van der Waals surface area contributed by atoms with E-state index in [-0.39, 0.29) is 24.3 Å². The summed E-state index contributed by atoms with van der Waals surface area (Å²) in [5, 5.41) is 2.59. The predicted octanol–water partition coefficient (Wildman–Crippen LogP) is 2.82. The Labute approximate surface area is 180 Å². The summed E-state index contributed by atoms with van der Waals surface area (Å²) < 4.78 is 13.8. The van der Waals surface area contributed by atoms with E-state index in [9.17, 15) is 14.4 Å². The molecule has 0 unspecified atom stereocenters. The third kappa shape index (κ3) is 5.22. The summed E-state index contributed by atoms with van der Waals surface area (Å²) in [6.07, 6.45) is -1.06. The minimum Gasteiger partial charge on any atom is -0.493 e. The molecule has 8 heteroatoms. The molecule has 1 aromatic heterocycles. The van der Waals surface area contributed by atoms with Crippen molar-refractivity contribution >= 4 is 17.6 Å². The zero-order valence-corrected chi connectivity index (χ0v) is 17.7. The Morgan fingerprint density at radius 3 is 2.29 bits per heavy atom. The first kappa shape index (κ1) is 21.9. The van der Waals surface area contributed by atoms with Crippen molar-refractivity contribution in [3.8, 4) is 11.4 Å². The molecule has 0 saturated carbocycles. The van der Waals surface area contributed by atoms with Crippen molar-refractivity contribution in [1.82, 2.24) is 9.36 Å². The van der Waals surface area contributed by atoms with Gasteiger partial charge in [-0.2, -0.15) is 0 Å². The number of rotatable bonds is 8. The molecule has 3 rings (SSSR count). The molecule has 0 fully saturated rings. The number of hydrogen-bond acceptors (Lipinski definition) is 5. The maximum atomic E-state index is 12.9. The second kappa shape index (κ2) is 9.80. The van der Waals surface area contributed by atoms with Crippen LogP contribution in [0.2, 0.25) is 0 Å². The molecule has 0 aliphatic rings. The standard InChI is InChI=1S/C23H25N3O5/c1-16-21(23(29)26(25(16)3)18-10-6-4-7-11-18)24-22(28)17(2)31-20(27)14-15-30-19-12-8-5-9-13-19/h4-13,17H,14-15H2,1-3H3,(H,24,28)/t17-/m1/s1. The highest BCUT2D eigenvalue weighted by molar-refractivity contribution is 5.95. The normalized spacial score (nSPS) is 11.6. The average Bonchev–Trinajstić information content (AvgIpc) is 2.98. The predicted molar refractivity (Wildman–Crippen MR) is 116 cm³/mol. The van der Waals surface area contributed by atoms with Gasteiger partial charge in [0.2, 0.25) is 0 Å². The molecule has 1 N–H and O–H groups in total. The molecule has 1 amide bonds. The van der Waals surface area contributed by atoms with E-state index in [4.69, 9.17) is 9.47 Å². The molecule has 1 atom stereocenters. The molecule has 1 heterocycles. The molecule has 0 aliphatic carbocycles. The van der Waals surface area contributed by atoms with Crippen LogP contribution in [0.1, 0.15) is 19.0 Å². The molecule has 0 saturated heterocycles.